The summed E-state index contributed by atoms with van der Waals surface area (Å²) in [6.07, 6.45) is 4.47. The average molecular weight is 236 g/mol. The smallest absolute Gasteiger partial charge is 0.116 e. The SMILES string of the molecule is CC(N)c1nc(C2CC2)n2cccc(Cl)c12. The molecular weight excluding hydrogens is 222 g/mol. The second-order valence-electron chi connectivity index (χ2n) is 4.49. The fourth-order valence-corrected chi connectivity index (χ4v) is 2.36. The zero-order chi connectivity index (χ0) is 11.3. The molecule has 1 unspecified atom stereocenters. The molecule has 1 aliphatic rings. The van der Waals surface area contributed by atoms with E-state index in [0.29, 0.717) is 5.92 Å². The van der Waals surface area contributed by atoms with Crippen molar-refractivity contribution >= 4 is 17.1 Å². The Balaban J connectivity index is 2.33. The van der Waals surface area contributed by atoms with Gasteiger partial charge in [-0.1, -0.05) is 11.6 Å². The molecule has 16 heavy (non-hydrogen) atoms. The Hall–Kier alpha value is -1.06. The molecule has 0 saturated heterocycles. The normalized spacial score (nSPS) is 17.9. The van der Waals surface area contributed by atoms with Crippen LogP contribution in [0.5, 0.6) is 0 Å². The van der Waals surface area contributed by atoms with Crippen LogP contribution >= 0.6 is 11.6 Å². The maximum atomic E-state index is 6.23. The van der Waals surface area contributed by atoms with Gasteiger partial charge in [-0.05, 0) is 31.9 Å². The molecule has 0 spiro atoms. The number of nitrogens with zero attached hydrogens (tertiary/aromatic N) is 2. The Morgan fingerprint density at radius 2 is 2.31 bits per heavy atom. The van der Waals surface area contributed by atoms with Crippen LogP contribution in [0, 0.1) is 0 Å². The predicted molar refractivity (Wildman–Crippen MR) is 64.8 cm³/mol. The van der Waals surface area contributed by atoms with Gasteiger partial charge in [-0.3, -0.25) is 0 Å². The van der Waals surface area contributed by atoms with Crippen LogP contribution in [0.4, 0.5) is 0 Å². The van der Waals surface area contributed by atoms with E-state index in [1.54, 1.807) is 0 Å². The first-order chi connectivity index (χ1) is 7.68. The van der Waals surface area contributed by atoms with Gasteiger partial charge in [0.15, 0.2) is 0 Å². The summed E-state index contributed by atoms with van der Waals surface area (Å²) in [5.41, 5.74) is 7.83. The molecule has 0 aromatic carbocycles. The molecule has 2 heterocycles. The first-order valence-corrected chi connectivity index (χ1v) is 5.98. The molecule has 2 aromatic rings. The number of halogens is 1. The zero-order valence-electron chi connectivity index (χ0n) is 9.15. The molecule has 4 heteroatoms. The molecule has 1 saturated carbocycles. The fourth-order valence-electron chi connectivity index (χ4n) is 2.10. The molecule has 0 bridgehead atoms. The van der Waals surface area contributed by atoms with Crippen LogP contribution in [0.3, 0.4) is 0 Å². The highest BCUT2D eigenvalue weighted by molar-refractivity contribution is 6.34. The molecule has 2 aromatic heterocycles. The van der Waals surface area contributed by atoms with Gasteiger partial charge < -0.3 is 10.1 Å². The zero-order valence-corrected chi connectivity index (χ0v) is 9.91. The predicted octanol–water partition coefficient (Wildman–Crippen LogP) is 2.88. The molecule has 84 valence electrons. The summed E-state index contributed by atoms with van der Waals surface area (Å²) in [7, 11) is 0. The van der Waals surface area contributed by atoms with Crippen LogP contribution < -0.4 is 5.73 Å². The van der Waals surface area contributed by atoms with Gasteiger partial charge in [-0.25, -0.2) is 4.98 Å². The van der Waals surface area contributed by atoms with Crippen molar-refractivity contribution in [1.82, 2.24) is 9.38 Å². The number of rotatable bonds is 2. The fraction of sp³-hybridized carbons (Fsp3) is 0.417. The van der Waals surface area contributed by atoms with E-state index in [9.17, 15) is 0 Å². The van der Waals surface area contributed by atoms with Gasteiger partial charge in [0.2, 0.25) is 0 Å². The number of hydrogen-bond acceptors (Lipinski definition) is 2. The maximum Gasteiger partial charge on any atom is 0.116 e. The van der Waals surface area contributed by atoms with Crippen molar-refractivity contribution < 1.29 is 0 Å². The lowest BCUT2D eigenvalue weighted by molar-refractivity contribution is 0.786. The Kier molecular flexibility index (Phi) is 2.19. The summed E-state index contributed by atoms with van der Waals surface area (Å²) in [5.74, 6) is 1.71. The van der Waals surface area contributed by atoms with E-state index in [-0.39, 0.29) is 6.04 Å². The molecule has 1 fully saturated rings. The number of pyridine rings is 1. The highest BCUT2D eigenvalue weighted by Crippen LogP contribution is 2.41. The molecule has 2 N–H and O–H groups in total. The van der Waals surface area contributed by atoms with E-state index < -0.39 is 0 Å². The second-order valence-corrected chi connectivity index (χ2v) is 4.90. The number of fused-ring (bicyclic) bond motifs is 1. The van der Waals surface area contributed by atoms with Gasteiger partial charge in [0.05, 0.1) is 16.2 Å². The van der Waals surface area contributed by atoms with Gasteiger partial charge in [-0.2, -0.15) is 0 Å². The molecular formula is C12H14ClN3. The molecule has 1 atom stereocenters. The standard InChI is InChI=1S/C12H14ClN3/c1-7(14)10-11-9(13)3-2-6-16(11)12(15-10)8-4-5-8/h2-3,6-8H,4-5,14H2,1H3. The topological polar surface area (TPSA) is 43.3 Å². The third-order valence-corrected chi connectivity index (χ3v) is 3.35. The van der Waals surface area contributed by atoms with Crippen molar-refractivity contribution in [2.75, 3.05) is 0 Å². The Morgan fingerprint density at radius 3 is 2.94 bits per heavy atom. The number of aromatic nitrogens is 2. The summed E-state index contributed by atoms with van der Waals surface area (Å²) in [5, 5.41) is 0.731. The summed E-state index contributed by atoms with van der Waals surface area (Å²) >= 11 is 6.23. The highest BCUT2D eigenvalue weighted by Gasteiger charge is 2.30. The molecule has 3 rings (SSSR count). The van der Waals surface area contributed by atoms with Crippen molar-refractivity contribution in [3.05, 3.63) is 34.9 Å². The van der Waals surface area contributed by atoms with Gasteiger partial charge in [-0.15, -0.1) is 0 Å². The van der Waals surface area contributed by atoms with Crippen molar-refractivity contribution in [2.24, 2.45) is 5.73 Å². The molecule has 0 radical (unpaired) electrons. The third-order valence-electron chi connectivity index (χ3n) is 3.04. The molecule has 0 aliphatic heterocycles. The largest absolute Gasteiger partial charge is 0.323 e. The second kappa shape index (κ2) is 3.47. The Morgan fingerprint density at radius 1 is 1.56 bits per heavy atom. The third kappa shape index (κ3) is 1.43. The highest BCUT2D eigenvalue weighted by atomic mass is 35.5. The van der Waals surface area contributed by atoms with Crippen LogP contribution in [0.1, 0.15) is 43.2 Å². The lowest BCUT2D eigenvalue weighted by Crippen LogP contribution is -2.06. The van der Waals surface area contributed by atoms with E-state index in [1.165, 1.54) is 12.8 Å². The van der Waals surface area contributed by atoms with Crippen LogP contribution in [-0.4, -0.2) is 9.38 Å². The van der Waals surface area contributed by atoms with Crippen molar-refractivity contribution in [1.29, 1.82) is 0 Å². The van der Waals surface area contributed by atoms with E-state index in [2.05, 4.69) is 9.38 Å². The van der Waals surface area contributed by atoms with Gasteiger partial charge in [0, 0.05) is 18.2 Å². The van der Waals surface area contributed by atoms with Crippen LogP contribution in [0.15, 0.2) is 18.3 Å². The number of nitrogens with two attached hydrogens (primary N) is 1. The van der Waals surface area contributed by atoms with Crippen molar-refractivity contribution in [2.45, 2.75) is 31.7 Å². The minimum absolute atomic E-state index is 0.0811. The quantitative estimate of drug-likeness (QED) is 0.870. The van der Waals surface area contributed by atoms with Crippen LogP contribution in [0.25, 0.3) is 5.52 Å². The first-order valence-electron chi connectivity index (χ1n) is 5.60. The Bertz CT molecular complexity index is 540. The minimum Gasteiger partial charge on any atom is -0.323 e. The Labute approximate surface area is 99.2 Å². The van der Waals surface area contributed by atoms with E-state index >= 15 is 0 Å². The molecule has 3 nitrogen and oxygen atoms in total. The van der Waals surface area contributed by atoms with Gasteiger partial charge in [0.25, 0.3) is 0 Å². The van der Waals surface area contributed by atoms with Gasteiger partial charge >= 0.3 is 0 Å². The van der Waals surface area contributed by atoms with E-state index in [0.717, 1.165) is 22.1 Å². The lowest BCUT2D eigenvalue weighted by Gasteiger charge is -2.03. The summed E-state index contributed by atoms with van der Waals surface area (Å²) in [6, 6.07) is 3.76. The van der Waals surface area contributed by atoms with Crippen molar-refractivity contribution in [3.63, 3.8) is 0 Å². The van der Waals surface area contributed by atoms with E-state index in [1.807, 2.05) is 25.3 Å². The summed E-state index contributed by atoms with van der Waals surface area (Å²) in [6.45, 7) is 1.95. The lowest BCUT2D eigenvalue weighted by atomic mass is 10.2. The average Bonchev–Trinajstić information content (AvgIpc) is 2.99. The summed E-state index contributed by atoms with van der Waals surface area (Å²) < 4.78 is 2.10. The maximum absolute atomic E-state index is 6.23. The molecule has 0 amide bonds. The summed E-state index contributed by atoms with van der Waals surface area (Å²) in [4.78, 5) is 4.67. The van der Waals surface area contributed by atoms with Crippen LogP contribution in [0.2, 0.25) is 5.02 Å². The monoisotopic (exact) mass is 235 g/mol. The molecule has 1 aliphatic carbocycles. The first kappa shape index (κ1) is 10.1. The number of imidazole rings is 1. The van der Waals surface area contributed by atoms with Crippen molar-refractivity contribution in [3.8, 4) is 0 Å². The minimum atomic E-state index is -0.0811. The van der Waals surface area contributed by atoms with Crippen LogP contribution in [-0.2, 0) is 0 Å². The van der Waals surface area contributed by atoms with Gasteiger partial charge in [0.1, 0.15) is 5.82 Å². The van der Waals surface area contributed by atoms with E-state index in [4.69, 9.17) is 17.3 Å². The number of hydrogen-bond donors (Lipinski definition) is 1.